The third-order valence-electron chi connectivity index (χ3n) is 2.36. The molecule has 0 radical (unpaired) electrons. The van der Waals surface area contributed by atoms with Crippen molar-refractivity contribution in [3.63, 3.8) is 0 Å². The van der Waals surface area contributed by atoms with Crippen LogP contribution in [0.4, 0.5) is 0 Å². The van der Waals surface area contributed by atoms with Gasteiger partial charge in [0.05, 0.1) is 0 Å². The van der Waals surface area contributed by atoms with Crippen LogP contribution in [0.1, 0.15) is 10.5 Å². The van der Waals surface area contributed by atoms with Crippen LogP contribution >= 0.6 is 0 Å². The largest absolute Gasteiger partial charge is 0.351 e. The number of hydrogen-bond donors (Lipinski definition) is 2. The smallest absolute Gasteiger partial charge is 0.294 e. The van der Waals surface area contributed by atoms with E-state index in [4.69, 9.17) is 0 Å². The van der Waals surface area contributed by atoms with Gasteiger partial charge >= 0.3 is 0 Å². The first-order valence-electron chi connectivity index (χ1n) is 5.30. The van der Waals surface area contributed by atoms with Crippen LogP contribution < -0.4 is 5.32 Å². The maximum absolute atomic E-state index is 11.7. The molecule has 7 nitrogen and oxygen atoms in total. The van der Waals surface area contributed by atoms with Crippen molar-refractivity contribution in [3.8, 4) is 0 Å². The van der Waals surface area contributed by atoms with Gasteiger partial charge in [0.1, 0.15) is 12.3 Å². The lowest BCUT2D eigenvalue weighted by atomic mass is 10.2. The van der Waals surface area contributed by atoms with Crippen LogP contribution in [-0.2, 0) is 4.84 Å². The number of nitrogens with one attached hydrogen (secondary N) is 2. The number of amides is 1. The molecule has 7 heteroatoms. The Bertz CT molecular complexity index is 545. The summed E-state index contributed by atoms with van der Waals surface area (Å²) in [5.74, 6) is -0.321. The lowest BCUT2D eigenvalue weighted by molar-refractivity contribution is -0.757. The van der Waals surface area contributed by atoms with E-state index in [2.05, 4.69) is 15.1 Å². The highest BCUT2D eigenvalue weighted by Gasteiger charge is 2.08. The number of aromatic nitrogens is 1. The lowest BCUT2D eigenvalue weighted by Crippen LogP contribution is -2.28. The summed E-state index contributed by atoms with van der Waals surface area (Å²) in [5, 5.41) is 12.5. The average molecular weight is 249 g/mol. The van der Waals surface area contributed by atoms with Gasteiger partial charge in [-0.15, -0.1) is 10.1 Å². The zero-order valence-electron chi connectivity index (χ0n) is 9.38. The summed E-state index contributed by atoms with van der Waals surface area (Å²) >= 11 is 0. The first-order chi connectivity index (χ1) is 8.66. The minimum absolute atomic E-state index is 0.0786. The van der Waals surface area contributed by atoms with E-state index in [-0.39, 0.29) is 19.1 Å². The highest BCUT2D eigenvalue weighted by Crippen LogP contribution is 2.14. The molecular weight excluding hydrogens is 238 g/mol. The van der Waals surface area contributed by atoms with E-state index in [9.17, 15) is 14.9 Å². The van der Waals surface area contributed by atoms with Gasteiger partial charge in [0.15, 0.2) is 0 Å². The highest BCUT2D eigenvalue weighted by molar-refractivity contribution is 5.97. The van der Waals surface area contributed by atoms with Crippen molar-refractivity contribution in [2.24, 2.45) is 0 Å². The van der Waals surface area contributed by atoms with E-state index in [1.807, 2.05) is 24.3 Å². The Hall–Kier alpha value is -2.57. The van der Waals surface area contributed by atoms with Crippen LogP contribution in [-0.4, -0.2) is 29.1 Å². The van der Waals surface area contributed by atoms with Crippen LogP contribution in [0.15, 0.2) is 30.3 Å². The van der Waals surface area contributed by atoms with Gasteiger partial charge in [-0.1, -0.05) is 18.2 Å². The number of nitrogens with zero attached hydrogens (tertiary/aromatic N) is 1. The second-order valence-corrected chi connectivity index (χ2v) is 3.58. The molecule has 0 saturated carbocycles. The molecule has 0 saturated heterocycles. The van der Waals surface area contributed by atoms with Crippen LogP contribution in [0.2, 0.25) is 0 Å². The lowest BCUT2D eigenvalue weighted by Gasteiger charge is -2.01. The van der Waals surface area contributed by atoms with Gasteiger partial charge in [0, 0.05) is 17.4 Å². The van der Waals surface area contributed by atoms with Crippen LogP contribution in [0.25, 0.3) is 10.9 Å². The molecule has 0 aliphatic heterocycles. The van der Waals surface area contributed by atoms with Crippen molar-refractivity contribution < 1.29 is 14.7 Å². The number of aromatic amines is 1. The van der Waals surface area contributed by atoms with Crippen molar-refractivity contribution >= 4 is 16.8 Å². The summed E-state index contributed by atoms with van der Waals surface area (Å²) < 4.78 is 0. The van der Waals surface area contributed by atoms with Crippen LogP contribution in [0, 0.1) is 10.1 Å². The van der Waals surface area contributed by atoms with Crippen molar-refractivity contribution in [2.45, 2.75) is 0 Å². The third kappa shape index (κ3) is 2.76. The summed E-state index contributed by atoms with van der Waals surface area (Å²) in [6.45, 7) is -0.0891. The summed E-state index contributed by atoms with van der Waals surface area (Å²) in [6.07, 6.45) is 0. The van der Waals surface area contributed by atoms with Gasteiger partial charge in [-0.3, -0.25) is 4.79 Å². The molecule has 0 fully saturated rings. The fraction of sp³-hybridized carbons (Fsp3) is 0.182. The Labute approximate surface area is 102 Å². The van der Waals surface area contributed by atoms with Gasteiger partial charge in [-0.2, -0.15) is 0 Å². The second kappa shape index (κ2) is 5.17. The quantitative estimate of drug-likeness (QED) is 0.471. The highest BCUT2D eigenvalue weighted by atomic mass is 16.9. The zero-order valence-corrected chi connectivity index (χ0v) is 9.38. The average Bonchev–Trinajstić information content (AvgIpc) is 2.78. The fourth-order valence-electron chi connectivity index (χ4n) is 1.58. The summed E-state index contributed by atoms with van der Waals surface area (Å²) in [7, 11) is 0. The van der Waals surface area contributed by atoms with Gasteiger partial charge in [0.2, 0.25) is 0 Å². The normalized spacial score (nSPS) is 10.2. The van der Waals surface area contributed by atoms with E-state index < -0.39 is 5.09 Å². The van der Waals surface area contributed by atoms with Crippen molar-refractivity contribution in [2.75, 3.05) is 13.2 Å². The van der Waals surface area contributed by atoms with Gasteiger partial charge in [-0.25, -0.2) is 0 Å². The zero-order chi connectivity index (χ0) is 13.0. The fourth-order valence-corrected chi connectivity index (χ4v) is 1.58. The van der Waals surface area contributed by atoms with Crippen molar-refractivity contribution in [3.05, 3.63) is 46.1 Å². The number of H-pyrrole nitrogens is 1. The van der Waals surface area contributed by atoms with Crippen LogP contribution in [0.5, 0.6) is 0 Å². The Morgan fingerprint density at radius 2 is 2.22 bits per heavy atom. The SMILES string of the molecule is O=C(NCCO[N+](=O)[O-])c1cc2ccccc2[nH]1. The molecule has 94 valence electrons. The Balaban J connectivity index is 1.94. The molecule has 18 heavy (non-hydrogen) atoms. The predicted octanol–water partition coefficient (Wildman–Crippen LogP) is 1.11. The first kappa shape index (κ1) is 11.9. The first-order valence-corrected chi connectivity index (χ1v) is 5.30. The molecule has 2 aromatic rings. The number of carbonyl (C=O) groups excluding carboxylic acids is 1. The molecule has 1 heterocycles. The molecule has 2 rings (SSSR count). The van der Waals surface area contributed by atoms with Crippen LogP contribution in [0.3, 0.4) is 0 Å². The van der Waals surface area contributed by atoms with E-state index in [0.717, 1.165) is 10.9 Å². The van der Waals surface area contributed by atoms with Crippen molar-refractivity contribution in [1.82, 2.24) is 10.3 Å². The van der Waals surface area contributed by atoms with Gasteiger partial charge in [0.25, 0.3) is 11.0 Å². The molecule has 0 aliphatic carbocycles. The number of fused-ring (bicyclic) bond motifs is 1. The minimum Gasteiger partial charge on any atom is -0.351 e. The summed E-state index contributed by atoms with van der Waals surface area (Å²) in [5.41, 5.74) is 1.28. The minimum atomic E-state index is -0.894. The van der Waals surface area contributed by atoms with E-state index in [0.29, 0.717) is 5.69 Å². The van der Waals surface area contributed by atoms with Gasteiger partial charge < -0.3 is 15.1 Å². The Morgan fingerprint density at radius 1 is 1.44 bits per heavy atom. The monoisotopic (exact) mass is 249 g/mol. The van der Waals surface area contributed by atoms with Crippen molar-refractivity contribution in [1.29, 1.82) is 0 Å². The molecule has 0 bridgehead atoms. The number of para-hydroxylation sites is 1. The maximum Gasteiger partial charge on any atom is 0.294 e. The van der Waals surface area contributed by atoms with Gasteiger partial charge in [-0.05, 0) is 12.1 Å². The molecule has 0 spiro atoms. The molecular formula is C11H11N3O4. The second-order valence-electron chi connectivity index (χ2n) is 3.58. The molecule has 0 aliphatic rings. The Morgan fingerprint density at radius 3 is 2.94 bits per heavy atom. The molecule has 2 N–H and O–H groups in total. The van der Waals surface area contributed by atoms with E-state index in [1.165, 1.54) is 0 Å². The summed E-state index contributed by atoms with van der Waals surface area (Å²) in [4.78, 5) is 28.6. The topological polar surface area (TPSA) is 97.3 Å². The van der Waals surface area contributed by atoms with E-state index in [1.54, 1.807) is 6.07 Å². The standard InChI is InChI=1S/C11H11N3O4/c15-11(12-5-6-18-14(16)17)10-7-8-3-1-2-4-9(8)13-10/h1-4,7,13H,5-6H2,(H,12,15). The molecule has 1 amide bonds. The molecule has 0 atom stereocenters. The Kier molecular flexibility index (Phi) is 3.42. The molecule has 1 aromatic heterocycles. The van der Waals surface area contributed by atoms with E-state index >= 15 is 0 Å². The number of rotatable bonds is 5. The third-order valence-corrected chi connectivity index (χ3v) is 2.36. The number of benzene rings is 1. The number of hydrogen-bond acceptors (Lipinski definition) is 4. The number of carbonyl (C=O) groups is 1. The predicted molar refractivity (Wildman–Crippen MR) is 63.6 cm³/mol. The summed E-state index contributed by atoms with van der Waals surface area (Å²) in [6, 6.07) is 9.22. The maximum atomic E-state index is 11.7. The molecule has 1 aromatic carbocycles. The molecule has 0 unspecified atom stereocenters.